The van der Waals surface area contributed by atoms with Crippen molar-refractivity contribution in [2.75, 3.05) is 19.3 Å². The molecule has 1 atom stereocenters. The van der Waals surface area contributed by atoms with Crippen LogP contribution >= 0.6 is 0 Å². The number of rotatable bonds is 4. The lowest BCUT2D eigenvalue weighted by Gasteiger charge is -2.33. The number of hydrogen-bond donors (Lipinski definition) is 1. The molecule has 1 aromatic carbocycles. The van der Waals surface area contributed by atoms with Gasteiger partial charge in [-0.3, -0.25) is 14.6 Å². The van der Waals surface area contributed by atoms with E-state index in [4.69, 9.17) is 0 Å². The predicted octanol–water partition coefficient (Wildman–Crippen LogP) is 2.07. The Bertz CT molecular complexity index is 1060. The first-order valence-electron chi connectivity index (χ1n) is 9.67. The minimum Gasteiger partial charge on any atom is -0.345 e. The Morgan fingerprint density at radius 1 is 1.17 bits per heavy atom. The maximum Gasteiger partial charge on any atom is 0.252 e. The molecular weight excluding hydrogens is 390 g/mol. The number of fused-ring (bicyclic) bond motifs is 1. The van der Waals surface area contributed by atoms with Crippen molar-refractivity contribution in [3.63, 3.8) is 0 Å². The van der Waals surface area contributed by atoms with Crippen LogP contribution in [0.1, 0.15) is 52.8 Å². The van der Waals surface area contributed by atoms with Crippen molar-refractivity contribution in [3.05, 3.63) is 59.4 Å². The quantitative estimate of drug-likeness (QED) is 0.828. The minimum atomic E-state index is -3.35. The molecule has 1 fully saturated rings. The highest BCUT2D eigenvalue weighted by Gasteiger charge is 2.33. The molecule has 0 radical (unpaired) electrons. The predicted molar refractivity (Wildman–Crippen MR) is 107 cm³/mol. The first kappa shape index (κ1) is 19.6. The summed E-state index contributed by atoms with van der Waals surface area (Å²) in [4.78, 5) is 31.3. The Hall–Kier alpha value is -2.74. The number of likely N-dealkylation sites (tertiary alicyclic amines) is 1. The van der Waals surface area contributed by atoms with Crippen LogP contribution in [0.3, 0.4) is 0 Å². The van der Waals surface area contributed by atoms with Crippen molar-refractivity contribution in [2.24, 2.45) is 0 Å². The molecule has 0 spiro atoms. The number of benzene rings is 1. The molecule has 0 saturated carbocycles. The molecule has 2 aliphatic rings. The fourth-order valence-electron chi connectivity index (χ4n) is 4.21. The molecule has 1 N–H and O–H groups in total. The van der Waals surface area contributed by atoms with E-state index < -0.39 is 9.84 Å². The van der Waals surface area contributed by atoms with Crippen LogP contribution in [0.2, 0.25) is 0 Å². The molecule has 3 heterocycles. The third-order valence-electron chi connectivity index (χ3n) is 5.70. The molecule has 0 aliphatic carbocycles. The zero-order chi connectivity index (χ0) is 20.6. The third kappa shape index (κ3) is 3.89. The van der Waals surface area contributed by atoms with Crippen molar-refractivity contribution in [1.29, 1.82) is 0 Å². The van der Waals surface area contributed by atoms with Gasteiger partial charge in [-0.2, -0.15) is 0 Å². The molecule has 2 amide bonds. The molecule has 152 valence electrons. The number of sulfone groups is 1. The molecule has 1 unspecified atom stereocenters. The van der Waals surface area contributed by atoms with Crippen molar-refractivity contribution < 1.29 is 18.0 Å². The lowest BCUT2D eigenvalue weighted by molar-refractivity contribution is -0.132. The summed E-state index contributed by atoms with van der Waals surface area (Å²) in [5, 5.41) is 2.88. The molecule has 2 aromatic rings. The van der Waals surface area contributed by atoms with Crippen molar-refractivity contribution in [1.82, 2.24) is 15.2 Å². The number of amides is 2. The second kappa shape index (κ2) is 7.59. The number of aromatic nitrogens is 1. The Kier molecular flexibility index (Phi) is 5.12. The number of nitrogens with zero attached hydrogens (tertiary/aromatic N) is 2. The summed E-state index contributed by atoms with van der Waals surface area (Å²) in [6.45, 7) is 1.09. The maximum absolute atomic E-state index is 12.8. The van der Waals surface area contributed by atoms with E-state index in [0.29, 0.717) is 37.2 Å². The Balaban J connectivity index is 1.41. The van der Waals surface area contributed by atoms with Gasteiger partial charge in [0.25, 0.3) is 5.91 Å². The van der Waals surface area contributed by atoms with Gasteiger partial charge in [0.15, 0.2) is 9.84 Å². The van der Waals surface area contributed by atoms with Crippen LogP contribution in [0.4, 0.5) is 0 Å². The zero-order valence-electron chi connectivity index (χ0n) is 16.2. The summed E-state index contributed by atoms with van der Waals surface area (Å²) in [5.41, 5.74) is 2.10. The van der Waals surface area contributed by atoms with Crippen LogP contribution in [0.5, 0.6) is 0 Å². The second-order valence-corrected chi connectivity index (χ2v) is 9.62. The van der Waals surface area contributed by atoms with Crippen LogP contribution in [0.15, 0.2) is 47.5 Å². The van der Waals surface area contributed by atoms with Crippen molar-refractivity contribution in [3.8, 4) is 0 Å². The maximum atomic E-state index is 12.8. The van der Waals surface area contributed by atoms with Gasteiger partial charge in [0.1, 0.15) is 0 Å². The summed E-state index contributed by atoms with van der Waals surface area (Å²) in [6.07, 6.45) is 4.37. The van der Waals surface area contributed by atoms with E-state index in [9.17, 15) is 18.0 Å². The lowest BCUT2D eigenvalue weighted by Crippen LogP contribution is -2.39. The zero-order valence-corrected chi connectivity index (χ0v) is 17.0. The van der Waals surface area contributed by atoms with Gasteiger partial charge in [-0.05, 0) is 36.6 Å². The highest BCUT2D eigenvalue weighted by molar-refractivity contribution is 7.90. The lowest BCUT2D eigenvalue weighted by atomic mass is 9.92. The Morgan fingerprint density at radius 3 is 2.62 bits per heavy atom. The average molecular weight is 413 g/mol. The number of pyridine rings is 1. The molecule has 7 nitrogen and oxygen atoms in total. The van der Waals surface area contributed by atoms with Gasteiger partial charge in [-0.15, -0.1) is 0 Å². The smallest absolute Gasteiger partial charge is 0.252 e. The number of carbonyl (C=O) groups excluding carboxylic acids is 2. The SMILES string of the molecule is CS(=O)(=O)c1cccnc1C1CCN(C(=O)CC2NC(=O)c3ccccc32)CC1. The first-order chi connectivity index (χ1) is 13.8. The van der Waals surface area contributed by atoms with E-state index in [1.54, 1.807) is 29.3 Å². The first-order valence-corrected chi connectivity index (χ1v) is 11.6. The van der Waals surface area contributed by atoms with Crippen LogP contribution in [-0.2, 0) is 14.6 Å². The van der Waals surface area contributed by atoms with Gasteiger partial charge in [0, 0.05) is 37.0 Å². The fourth-order valence-corrected chi connectivity index (χ4v) is 5.14. The second-order valence-electron chi connectivity index (χ2n) is 7.63. The van der Waals surface area contributed by atoms with Crippen molar-refractivity contribution >= 4 is 21.7 Å². The summed E-state index contributed by atoms with van der Waals surface area (Å²) in [7, 11) is -3.35. The topological polar surface area (TPSA) is 96.4 Å². The van der Waals surface area contributed by atoms with E-state index in [2.05, 4.69) is 10.3 Å². The van der Waals surface area contributed by atoms with Gasteiger partial charge in [-0.1, -0.05) is 18.2 Å². The minimum absolute atomic E-state index is 0.00481. The van der Waals surface area contributed by atoms with E-state index in [1.807, 2.05) is 18.2 Å². The molecule has 1 saturated heterocycles. The van der Waals surface area contributed by atoms with Gasteiger partial charge in [0.2, 0.25) is 5.91 Å². The van der Waals surface area contributed by atoms with E-state index in [0.717, 1.165) is 5.56 Å². The fraction of sp³-hybridized carbons (Fsp3) is 0.381. The summed E-state index contributed by atoms with van der Waals surface area (Å²) in [5.74, 6) is -0.132. The normalized spacial score (nSPS) is 19.7. The van der Waals surface area contributed by atoms with Gasteiger partial charge in [0.05, 0.1) is 23.1 Å². The number of carbonyl (C=O) groups is 2. The van der Waals surface area contributed by atoms with E-state index >= 15 is 0 Å². The molecule has 1 aromatic heterocycles. The standard InChI is InChI=1S/C21H23N3O4S/c1-29(27,28)18-7-4-10-22-20(18)14-8-11-24(12-9-14)19(25)13-17-15-5-2-3-6-16(15)21(26)23-17/h2-7,10,14,17H,8-9,11-13H2,1H3,(H,23,26). The van der Waals surface area contributed by atoms with Gasteiger partial charge >= 0.3 is 0 Å². The number of piperidine rings is 1. The largest absolute Gasteiger partial charge is 0.345 e. The molecular formula is C21H23N3O4S. The van der Waals surface area contributed by atoms with E-state index in [-0.39, 0.29) is 35.1 Å². The molecule has 0 bridgehead atoms. The van der Waals surface area contributed by atoms with Crippen LogP contribution < -0.4 is 5.32 Å². The summed E-state index contributed by atoms with van der Waals surface area (Å²) < 4.78 is 24.1. The highest BCUT2D eigenvalue weighted by Crippen LogP contribution is 2.32. The van der Waals surface area contributed by atoms with Gasteiger partial charge in [-0.25, -0.2) is 8.42 Å². The number of nitrogens with one attached hydrogen (secondary N) is 1. The summed E-state index contributed by atoms with van der Waals surface area (Å²) in [6, 6.07) is 10.3. The molecule has 4 rings (SSSR count). The van der Waals surface area contributed by atoms with Crippen LogP contribution in [-0.4, -0.2) is 49.5 Å². The molecule has 2 aliphatic heterocycles. The summed E-state index contributed by atoms with van der Waals surface area (Å²) >= 11 is 0. The van der Waals surface area contributed by atoms with E-state index in [1.165, 1.54) is 6.26 Å². The monoisotopic (exact) mass is 413 g/mol. The average Bonchev–Trinajstić information content (AvgIpc) is 3.03. The Morgan fingerprint density at radius 2 is 1.90 bits per heavy atom. The molecule has 29 heavy (non-hydrogen) atoms. The Labute approximate surface area is 170 Å². The molecule has 8 heteroatoms. The van der Waals surface area contributed by atoms with Crippen molar-refractivity contribution in [2.45, 2.75) is 36.1 Å². The number of hydrogen-bond acceptors (Lipinski definition) is 5. The van der Waals surface area contributed by atoms with Gasteiger partial charge < -0.3 is 10.2 Å². The van der Waals surface area contributed by atoms with Crippen LogP contribution in [0.25, 0.3) is 0 Å². The van der Waals surface area contributed by atoms with Crippen LogP contribution in [0, 0.1) is 0 Å². The highest BCUT2D eigenvalue weighted by atomic mass is 32.2. The third-order valence-corrected chi connectivity index (χ3v) is 6.84.